The Kier molecular flexibility index (Phi) is 6.89. The van der Waals surface area contributed by atoms with Gasteiger partial charge in [0.1, 0.15) is 5.60 Å². The molecule has 5 nitrogen and oxygen atoms in total. The fourth-order valence-corrected chi connectivity index (χ4v) is 2.22. The van der Waals surface area contributed by atoms with E-state index in [9.17, 15) is 4.79 Å². The van der Waals surface area contributed by atoms with Gasteiger partial charge in [0.25, 0.3) is 0 Å². The third-order valence-electron chi connectivity index (χ3n) is 3.29. The topological polar surface area (TPSA) is 56.6 Å². The van der Waals surface area contributed by atoms with Crippen molar-refractivity contribution in [2.24, 2.45) is 0 Å². The quantitative estimate of drug-likeness (QED) is 0.793. The van der Waals surface area contributed by atoms with Gasteiger partial charge >= 0.3 is 6.09 Å². The van der Waals surface area contributed by atoms with Crippen LogP contribution in [0.4, 0.5) is 10.5 Å². The van der Waals surface area contributed by atoms with E-state index in [4.69, 9.17) is 10.00 Å². The minimum Gasteiger partial charge on any atom is -0.444 e. The Balaban J connectivity index is 0.00000127. The first-order valence-corrected chi connectivity index (χ1v) is 8.12. The Hall–Kier alpha value is -2.22. The molecule has 1 fully saturated rings. The van der Waals surface area contributed by atoms with E-state index in [-0.39, 0.29) is 6.09 Å². The zero-order valence-electron chi connectivity index (χ0n) is 14.8. The van der Waals surface area contributed by atoms with Gasteiger partial charge in [0.15, 0.2) is 0 Å². The highest BCUT2D eigenvalue weighted by Crippen LogP contribution is 2.18. The SMILES string of the molecule is CC.CC(C)(C)OC(=O)N1CCN(c2ccc(C#N)cc2)CC1. The molecule has 1 aliphatic heterocycles. The lowest BCUT2D eigenvalue weighted by molar-refractivity contribution is 0.0240. The fraction of sp³-hybridized carbons (Fsp3) is 0.556. The number of anilines is 1. The summed E-state index contributed by atoms with van der Waals surface area (Å²) in [7, 11) is 0. The van der Waals surface area contributed by atoms with Crippen LogP contribution in [0.2, 0.25) is 0 Å². The first-order valence-electron chi connectivity index (χ1n) is 8.12. The van der Waals surface area contributed by atoms with E-state index in [0.717, 1.165) is 18.8 Å². The van der Waals surface area contributed by atoms with Gasteiger partial charge in [0.05, 0.1) is 11.6 Å². The second-order valence-electron chi connectivity index (χ2n) is 6.11. The summed E-state index contributed by atoms with van der Waals surface area (Å²) in [6.07, 6.45) is -0.248. The van der Waals surface area contributed by atoms with Gasteiger partial charge in [-0.25, -0.2) is 4.79 Å². The predicted molar refractivity (Wildman–Crippen MR) is 92.5 cm³/mol. The van der Waals surface area contributed by atoms with Gasteiger partial charge in [-0.1, -0.05) is 13.8 Å². The van der Waals surface area contributed by atoms with E-state index >= 15 is 0 Å². The molecule has 0 aromatic heterocycles. The molecule has 0 bridgehead atoms. The number of ether oxygens (including phenoxy) is 1. The van der Waals surface area contributed by atoms with Crippen molar-refractivity contribution < 1.29 is 9.53 Å². The maximum absolute atomic E-state index is 12.0. The van der Waals surface area contributed by atoms with Crippen LogP contribution in [0.5, 0.6) is 0 Å². The average Bonchev–Trinajstić information content (AvgIpc) is 2.55. The van der Waals surface area contributed by atoms with E-state index < -0.39 is 5.60 Å². The number of hydrogen-bond acceptors (Lipinski definition) is 4. The van der Waals surface area contributed by atoms with Crippen molar-refractivity contribution in [2.45, 2.75) is 40.2 Å². The number of rotatable bonds is 1. The molecule has 126 valence electrons. The molecule has 0 unspecified atom stereocenters. The minimum atomic E-state index is -0.457. The predicted octanol–water partition coefficient (Wildman–Crippen LogP) is 3.64. The molecule has 1 aliphatic rings. The molecule has 0 radical (unpaired) electrons. The number of nitrogens with zero attached hydrogens (tertiary/aromatic N) is 3. The summed E-state index contributed by atoms with van der Waals surface area (Å²) in [6, 6.07) is 9.64. The smallest absolute Gasteiger partial charge is 0.410 e. The van der Waals surface area contributed by atoms with Gasteiger partial charge in [0.2, 0.25) is 0 Å². The molecule has 1 aromatic carbocycles. The number of carbonyl (C=O) groups excluding carboxylic acids is 1. The highest BCUT2D eigenvalue weighted by atomic mass is 16.6. The summed E-state index contributed by atoms with van der Waals surface area (Å²) >= 11 is 0. The number of piperazine rings is 1. The molecule has 1 aromatic rings. The molecule has 0 aliphatic carbocycles. The lowest BCUT2D eigenvalue weighted by atomic mass is 10.2. The van der Waals surface area contributed by atoms with E-state index in [2.05, 4.69) is 11.0 Å². The van der Waals surface area contributed by atoms with Gasteiger partial charge in [-0.05, 0) is 45.0 Å². The Morgan fingerprint density at radius 2 is 1.61 bits per heavy atom. The third-order valence-corrected chi connectivity index (χ3v) is 3.29. The monoisotopic (exact) mass is 317 g/mol. The molecule has 0 N–H and O–H groups in total. The van der Waals surface area contributed by atoms with E-state index in [1.807, 2.05) is 58.9 Å². The van der Waals surface area contributed by atoms with Crippen LogP contribution < -0.4 is 4.90 Å². The fourth-order valence-electron chi connectivity index (χ4n) is 2.22. The number of benzene rings is 1. The number of hydrogen-bond donors (Lipinski definition) is 0. The van der Waals surface area contributed by atoms with Gasteiger partial charge in [-0.2, -0.15) is 5.26 Å². The van der Waals surface area contributed by atoms with Crippen molar-refractivity contribution in [1.82, 2.24) is 4.90 Å². The zero-order chi connectivity index (χ0) is 17.5. The van der Waals surface area contributed by atoms with E-state index in [1.54, 1.807) is 4.90 Å². The zero-order valence-corrected chi connectivity index (χ0v) is 14.8. The summed E-state index contributed by atoms with van der Waals surface area (Å²) in [5.74, 6) is 0. The maximum Gasteiger partial charge on any atom is 0.410 e. The average molecular weight is 317 g/mol. The lowest BCUT2D eigenvalue weighted by Crippen LogP contribution is -2.50. The second-order valence-corrected chi connectivity index (χ2v) is 6.11. The molecule has 1 saturated heterocycles. The molecule has 0 saturated carbocycles. The van der Waals surface area contributed by atoms with Crippen molar-refractivity contribution in [3.8, 4) is 6.07 Å². The highest BCUT2D eigenvalue weighted by Gasteiger charge is 2.25. The Bertz CT molecular complexity index is 533. The van der Waals surface area contributed by atoms with Crippen LogP contribution in [0, 0.1) is 11.3 Å². The molecule has 2 rings (SSSR count). The first-order chi connectivity index (χ1) is 10.9. The van der Waals surface area contributed by atoms with E-state index in [0.29, 0.717) is 18.7 Å². The standard InChI is InChI=1S/C16H21N3O2.C2H6/c1-16(2,3)21-15(20)19-10-8-18(9-11-19)14-6-4-13(12-17)5-7-14;1-2/h4-7H,8-11H2,1-3H3;1-2H3. The van der Waals surface area contributed by atoms with Gasteiger partial charge < -0.3 is 14.5 Å². The summed E-state index contributed by atoms with van der Waals surface area (Å²) in [4.78, 5) is 15.9. The summed E-state index contributed by atoms with van der Waals surface area (Å²) in [5.41, 5.74) is 1.28. The molecule has 1 heterocycles. The molecule has 0 spiro atoms. The van der Waals surface area contributed by atoms with Crippen molar-refractivity contribution in [1.29, 1.82) is 5.26 Å². The van der Waals surface area contributed by atoms with Crippen LogP contribution >= 0.6 is 0 Å². The van der Waals surface area contributed by atoms with Crippen molar-refractivity contribution in [3.63, 3.8) is 0 Å². The third kappa shape index (κ3) is 5.82. The number of nitriles is 1. The Labute approximate surface area is 139 Å². The second kappa shape index (κ2) is 8.42. The molecular weight excluding hydrogens is 290 g/mol. The van der Waals surface area contributed by atoms with Crippen LogP contribution in [-0.4, -0.2) is 42.8 Å². The van der Waals surface area contributed by atoms with Crippen molar-refractivity contribution in [2.75, 3.05) is 31.1 Å². The molecule has 0 atom stereocenters. The van der Waals surface area contributed by atoms with Crippen molar-refractivity contribution >= 4 is 11.8 Å². The molecular formula is C18H27N3O2. The number of amides is 1. The molecule has 5 heteroatoms. The van der Waals surface area contributed by atoms with Crippen LogP contribution in [0.1, 0.15) is 40.2 Å². The lowest BCUT2D eigenvalue weighted by Gasteiger charge is -2.36. The van der Waals surface area contributed by atoms with Crippen molar-refractivity contribution in [3.05, 3.63) is 29.8 Å². The summed E-state index contributed by atoms with van der Waals surface area (Å²) in [5, 5.41) is 8.81. The normalized spacial score (nSPS) is 14.4. The van der Waals surface area contributed by atoms with Gasteiger partial charge in [-0.15, -0.1) is 0 Å². The van der Waals surface area contributed by atoms with Crippen LogP contribution in [0.3, 0.4) is 0 Å². The van der Waals surface area contributed by atoms with E-state index in [1.165, 1.54) is 0 Å². The summed E-state index contributed by atoms with van der Waals surface area (Å²) < 4.78 is 5.38. The minimum absolute atomic E-state index is 0.248. The molecule has 23 heavy (non-hydrogen) atoms. The van der Waals surface area contributed by atoms with Crippen LogP contribution in [0.25, 0.3) is 0 Å². The van der Waals surface area contributed by atoms with Crippen LogP contribution in [0.15, 0.2) is 24.3 Å². The molecule has 1 amide bonds. The largest absolute Gasteiger partial charge is 0.444 e. The van der Waals surface area contributed by atoms with Crippen LogP contribution in [-0.2, 0) is 4.74 Å². The first kappa shape index (κ1) is 18.8. The highest BCUT2D eigenvalue weighted by molar-refractivity contribution is 5.68. The number of carbonyl (C=O) groups is 1. The summed E-state index contributed by atoms with van der Waals surface area (Å²) in [6.45, 7) is 12.5. The Morgan fingerprint density at radius 1 is 1.09 bits per heavy atom. The maximum atomic E-state index is 12.0. The van der Waals surface area contributed by atoms with Gasteiger partial charge in [-0.3, -0.25) is 0 Å². The Morgan fingerprint density at radius 3 is 2.04 bits per heavy atom. The van der Waals surface area contributed by atoms with Gasteiger partial charge in [0, 0.05) is 31.9 Å².